The molecule has 6 nitrogen and oxygen atoms in total. The van der Waals surface area contributed by atoms with Crippen LogP contribution in [0.1, 0.15) is 67.9 Å². The van der Waals surface area contributed by atoms with Gasteiger partial charge in [-0.1, -0.05) is 74.4 Å². The molecule has 0 bridgehead atoms. The van der Waals surface area contributed by atoms with Crippen LogP contribution >= 0.6 is 0 Å². The molecule has 0 aliphatic heterocycles. The summed E-state index contributed by atoms with van der Waals surface area (Å²) < 4.78 is 1.54. The molecule has 0 amide bonds. The van der Waals surface area contributed by atoms with Crippen LogP contribution in [0.15, 0.2) is 60.8 Å². The van der Waals surface area contributed by atoms with Crippen molar-refractivity contribution in [2.75, 3.05) is 5.32 Å². The summed E-state index contributed by atoms with van der Waals surface area (Å²) in [6, 6.07) is 17.8. The summed E-state index contributed by atoms with van der Waals surface area (Å²) in [4.78, 5) is 25.2. The number of carbonyl (C=O) groups excluding carboxylic acids is 1. The van der Waals surface area contributed by atoms with E-state index >= 15 is 0 Å². The molecule has 0 saturated heterocycles. The summed E-state index contributed by atoms with van der Waals surface area (Å²) in [7, 11) is 0. The Morgan fingerprint density at radius 1 is 0.971 bits per heavy atom. The second kappa shape index (κ2) is 10.3. The molecule has 1 fully saturated rings. The van der Waals surface area contributed by atoms with Crippen molar-refractivity contribution in [1.29, 1.82) is 0 Å². The fraction of sp³-hybridized carbons (Fsp3) is 0.345. The molecular weight excluding hydrogens is 438 g/mol. The summed E-state index contributed by atoms with van der Waals surface area (Å²) in [6.45, 7) is 5.85. The topological polar surface area (TPSA) is 84.2 Å². The number of ketones is 1. The van der Waals surface area contributed by atoms with Crippen LogP contribution in [-0.2, 0) is 4.79 Å². The van der Waals surface area contributed by atoms with Crippen LogP contribution in [0.25, 0.3) is 17.8 Å². The van der Waals surface area contributed by atoms with Gasteiger partial charge in [0.2, 0.25) is 0 Å². The molecule has 2 N–H and O–H groups in total. The highest BCUT2D eigenvalue weighted by molar-refractivity contribution is 5.96. The highest BCUT2D eigenvalue weighted by Crippen LogP contribution is 2.33. The number of rotatable bonds is 8. The Morgan fingerprint density at radius 2 is 1.57 bits per heavy atom. The molecule has 0 radical (unpaired) electrons. The van der Waals surface area contributed by atoms with Crippen molar-refractivity contribution >= 4 is 29.7 Å². The van der Waals surface area contributed by atoms with Crippen LogP contribution in [0.5, 0.6) is 0 Å². The zero-order valence-corrected chi connectivity index (χ0v) is 20.6. The maximum absolute atomic E-state index is 13.2. The lowest BCUT2D eigenvalue weighted by Crippen LogP contribution is -2.45. The van der Waals surface area contributed by atoms with Gasteiger partial charge < -0.3 is 10.4 Å². The Hall–Kier alpha value is -3.67. The lowest BCUT2D eigenvalue weighted by Gasteiger charge is -2.33. The van der Waals surface area contributed by atoms with Gasteiger partial charge >= 0.3 is 5.97 Å². The van der Waals surface area contributed by atoms with Crippen molar-refractivity contribution in [2.24, 2.45) is 11.8 Å². The molecule has 1 saturated carbocycles. The van der Waals surface area contributed by atoms with Crippen molar-refractivity contribution in [3.63, 3.8) is 0 Å². The highest BCUT2D eigenvalue weighted by atomic mass is 16.4. The molecule has 1 aromatic heterocycles. The molecule has 1 heterocycles. The molecule has 0 spiro atoms. The zero-order valence-electron chi connectivity index (χ0n) is 20.6. The molecule has 0 unspecified atom stereocenters. The third kappa shape index (κ3) is 5.88. The van der Waals surface area contributed by atoms with Gasteiger partial charge in [-0.2, -0.15) is 0 Å². The van der Waals surface area contributed by atoms with Crippen molar-refractivity contribution in [3.8, 4) is 5.69 Å². The molecule has 1 aliphatic carbocycles. The first kappa shape index (κ1) is 24.5. The van der Waals surface area contributed by atoms with Crippen LogP contribution in [0.4, 0.5) is 5.82 Å². The predicted octanol–water partition coefficient (Wildman–Crippen LogP) is 6.33. The minimum atomic E-state index is -1.09. The first-order chi connectivity index (χ1) is 16.7. The Balaban J connectivity index is 1.52. The maximum Gasteiger partial charge on any atom is 0.341 e. The van der Waals surface area contributed by atoms with E-state index < -0.39 is 11.5 Å². The van der Waals surface area contributed by atoms with E-state index in [2.05, 4.69) is 17.3 Å². The van der Waals surface area contributed by atoms with Crippen molar-refractivity contribution in [3.05, 3.63) is 77.5 Å². The van der Waals surface area contributed by atoms with E-state index in [-0.39, 0.29) is 23.1 Å². The molecular formula is C29H33N3O3. The van der Waals surface area contributed by atoms with E-state index in [1.165, 1.54) is 6.20 Å². The number of carboxylic acid groups (broad SMARTS) is 1. The summed E-state index contributed by atoms with van der Waals surface area (Å²) in [5.74, 6) is -0.112. The number of nitrogens with zero attached hydrogens (tertiary/aromatic N) is 2. The Morgan fingerprint density at radius 3 is 2.17 bits per heavy atom. The monoisotopic (exact) mass is 471 g/mol. The van der Waals surface area contributed by atoms with Gasteiger partial charge in [-0.3, -0.25) is 4.79 Å². The second-order valence-electron chi connectivity index (χ2n) is 10.0. The predicted molar refractivity (Wildman–Crippen MR) is 140 cm³/mol. The van der Waals surface area contributed by atoms with Gasteiger partial charge in [0.05, 0.1) is 11.2 Å². The number of hydrogen-bond acceptors (Lipinski definition) is 4. The van der Waals surface area contributed by atoms with Crippen LogP contribution < -0.4 is 5.32 Å². The standard InChI is InChI=1S/C29H33N3O3/c1-20-9-15-23(16-10-20)26(33)29(2,3)30-27-25(28(34)35)19-32(31-27)24-17-13-22(14-18-24)12-11-21-7-5-4-6-8-21/h4-8,11-14,17-20,23H,9-10,15-16H2,1-3H3,(H,30,31)(H,34,35). The summed E-state index contributed by atoms with van der Waals surface area (Å²) in [5, 5.41) is 17.4. The average molecular weight is 472 g/mol. The van der Waals surface area contributed by atoms with E-state index in [4.69, 9.17) is 0 Å². The van der Waals surface area contributed by atoms with Gasteiger partial charge in [0, 0.05) is 12.1 Å². The van der Waals surface area contributed by atoms with Gasteiger partial charge in [0.25, 0.3) is 0 Å². The number of nitrogens with one attached hydrogen (secondary N) is 1. The Labute approximate surface area is 206 Å². The number of carbonyl (C=O) groups is 2. The number of anilines is 1. The lowest BCUT2D eigenvalue weighted by molar-refractivity contribution is -0.127. The smallest absolute Gasteiger partial charge is 0.341 e. The fourth-order valence-electron chi connectivity index (χ4n) is 4.64. The summed E-state index contributed by atoms with van der Waals surface area (Å²) >= 11 is 0. The number of aromatic nitrogens is 2. The molecule has 0 atom stereocenters. The van der Waals surface area contributed by atoms with E-state index in [1.54, 1.807) is 4.68 Å². The third-order valence-electron chi connectivity index (χ3n) is 6.80. The van der Waals surface area contributed by atoms with Crippen molar-refractivity contribution in [2.45, 2.75) is 52.0 Å². The fourth-order valence-corrected chi connectivity index (χ4v) is 4.64. The van der Waals surface area contributed by atoms with Gasteiger partial charge in [-0.25, -0.2) is 9.48 Å². The minimum Gasteiger partial charge on any atom is -0.477 e. The SMILES string of the molecule is CC1CCC(C(=O)C(C)(C)Nc2nn(-c3ccc(C=Cc4ccccc4)cc3)cc2C(=O)O)CC1. The summed E-state index contributed by atoms with van der Waals surface area (Å²) in [5.41, 5.74) is 2.00. The zero-order chi connectivity index (χ0) is 25.0. The maximum atomic E-state index is 13.2. The van der Waals surface area contributed by atoms with Gasteiger partial charge in [-0.05, 0) is 55.9 Å². The number of aromatic carboxylic acids is 1. The molecule has 1 aliphatic rings. The minimum absolute atomic E-state index is 0.000508. The number of benzene rings is 2. The first-order valence-corrected chi connectivity index (χ1v) is 12.2. The number of carboxylic acids is 1. The second-order valence-corrected chi connectivity index (χ2v) is 10.0. The summed E-state index contributed by atoms with van der Waals surface area (Å²) in [6.07, 6.45) is 9.43. The normalized spacial score (nSPS) is 18.5. The van der Waals surface area contributed by atoms with Crippen LogP contribution in [0, 0.1) is 11.8 Å². The first-order valence-electron chi connectivity index (χ1n) is 12.2. The van der Waals surface area contributed by atoms with Crippen molar-refractivity contribution in [1.82, 2.24) is 9.78 Å². The molecule has 2 aromatic carbocycles. The quantitative estimate of drug-likeness (QED) is 0.375. The van der Waals surface area contributed by atoms with E-state index in [0.717, 1.165) is 42.5 Å². The molecule has 35 heavy (non-hydrogen) atoms. The van der Waals surface area contributed by atoms with E-state index in [0.29, 0.717) is 5.92 Å². The highest BCUT2D eigenvalue weighted by Gasteiger charge is 2.36. The molecule has 4 rings (SSSR count). The number of Topliss-reactive ketones (excluding diaryl/α,β-unsaturated/α-hetero) is 1. The average Bonchev–Trinajstić information content (AvgIpc) is 3.27. The van der Waals surface area contributed by atoms with Gasteiger partial charge in [-0.15, -0.1) is 5.10 Å². The van der Waals surface area contributed by atoms with Crippen LogP contribution in [0.3, 0.4) is 0 Å². The lowest BCUT2D eigenvalue weighted by atomic mass is 9.76. The number of hydrogen-bond donors (Lipinski definition) is 2. The molecule has 6 heteroatoms. The van der Waals surface area contributed by atoms with E-state index in [9.17, 15) is 14.7 Å². The third-order valence-corrected chi connectivity index (χ3v) is 6.80. The van der Waals surface area contributed by atoms with Crippen LogP contribution in [0.2, 0.25) is 0 Å². The van der Waals surface area contributed by atoms with Crippen molar-refractivity contribution < 1.29 is 14.7 Å². The van der Waals surface area contributed by atoms with Crippen LogP contribution in [-0.4, -0.2) is 32.2 Å². The molecule has 182 valence electrons. The Kier molecular flexibility index (Phi) is 7.20. The largest absolute Gasteiger partial charge is 0.477 e. The van der Waals surface area contributed by atoms with Gasteiger partial charge in [0.1, 0.15) is 5.56 Å². The van der Waals surface area contributed by atoms with E-state index in [1.807, 2.05) is 80.6 Å². The molecule has 3 aromatic rings. The Bertz CT molecular complexity index is 1200. The van der Waals surface area contributed by atoms with Gasteiger partial charge in [0.15, 0.2) is 11.6 Å².